The van der Waals surface area contributed by atoms with Gasteiger partial charge in [-0.15, -0.1) is 0 Å². The Bertz CT molecular complexity index is 794. The average Bonchev–Trinajstić information content (AvgIpc) is 2.69. The van der Waals surface area contributed by atoms with Gasteiger partial charge in [-0.2, -0.15) is 0 Å². The van der Waals surface area contributed by atoms with Gasteiger partial charge in [0.05, 0.1) is 7.11 Å². The van der Waals surface area contributed by atoms with Gasteiger partial charge in [-0.05, 0) is 48.0 Å². The fraction of sp³-hybridized carbons (Fsp3) is 0.250. The molecule has 1 amide bonds. The summed E-state index contributed by atoms with van der Waals surface area (Å²) in [4.78, 5) is 16.4. The Morgan fingerprint density at radius 3 is 2.31 bits per heavy atom. The first-order valence-corrected chi connectivity index (χ1v) is 8.45. The van der Waals surface area contributed by atoms with Gasteiger partial charge in [-0.3, -0.25) is 4.79 Å². The molecule has 1 heterocycles. The third-order valence-electron chi connectivity index (χ3n) is 4.45. The number of nitrogens with zero attached hydrogens (tertiary/aromatic N) is 2. The number of aromatic hydroxyl groups is 2. The molecule has 2 N–H and O–H groups in total. The van der Waals surface area contributed by atoms with E-state index in [4.69, 9.17) is 4.74 Å². The number of rotatable bonds is 4. The number of piperazine rings is 1. The van der Waals surface area contributed by atoms with Gasteiger partial charge in [0.25, 0.3) is 0 Å². The minimum absolute atomic E-state index is 0.0630. The van der Waals surface area contributed by atoms with Crippen LogP contribution in [0.15, 0.2) is 48.5 Å². The van der Waals surface area contributed by atoms with Crippen LogP contribution in [0.2, 0.25) is 0 Å². The minimum atomic E-state index is -0.201. The van der Waals surface area contributed by atoms with Crippen molar-refractivity contribution in [2.24, 2.45) is 0 Å². The van der Waals surface area contributed by atoms with Crippen LogP contribution >= 0.6 is 0 Å². The molecule has 6 nitrogen and oxygen atoms in total. The zero-order valence-electron chi connectivity index (χ0n) is 14.6. The van der Waals surface area contributed by atoms with Crippen LogP contribution in [0.4, 0.5) is 5.69 Å². The summed E-state index contributed by atoms with van der Waals surface area (Å²) in [6.07, 6.45) is 3.13. The lowest BCUT2D eigenvalue weighted by molar-refractivity contribution is -0.126. The van der Waals surface area contributed by atoms with Crippen molar-refractivity contribution in [2.75, 3.05) is 38.2 Å². The second-order valence-electron chi connectivity index (χ2n) is 6.09. The molecule has 6 heteroatoms. The molecule has 0 bridgehead atoms. The summed E-state index contributed by atoms with van der Waals surface area (Å²) >= 11 is 0. The smallest absolute Gasteiger partial charge is 0.246 e. The lowest BCUT2D eigenvalue weighted by Gasteiger charge is -2.35. The number of phenols is 2. The summed E-state index contributed by atoms with van der Waals surface area (Å²) in [5, 5.41) is 18.8. The minimum Gasteiger partial charge on any atom is -0.504 e. The van der Waals surface area contributed by atoms with E-state index in [1.165, 1.54) is 18.2 Å². The molecule has 0 radical (unpaired) electrons. The van der Waals surface area contributed by atoms with E-state index in [0.717, 1.165) is 24.5 Å². The number of phenolic OH excluding ortho intramolecular Hbond substituents is 2. The maximum atomic E-state index is 12.3. The van der Waals surface area contributed by atoms with Gasteiger partial charge >= 0.3 is 0 Å². The summed E-state index contributed by atoms with van der Waals surface area (Å²) in [5.41, 5.74) is 1.78. The van der Waals surface area contributed by atoms with Crippen LogP contribution in [0.3, 0.4) is 0 Å². The third kappa shape index (κ3) is 4.08. The van der Waals surface area contributed by atoms with Crippen LogP contribution < -0.4 is 9.64 Å². The van der Waals surface area contributed by atoms with E-state index < -0.39 is 0 Å². The topological polar surface area (TPSA) is 73.2 Å². The van der Waals surface area contributed by atoms with Gasteiger partial charge in [-0.25, -0.2) is 0 Å². The third-order valence-corrected chi connectivity index (χ3v) is 4.45. The highest BCUT2D eigenvalue weighted by Crippen LogP contribution is 2.25. The molecular formula is C20H22N2O4. The Kier molecular flexibility index (Phi) is 5.31. The van der Waals surface area contributed by atoms with Crippen molar-refractivity contribution in [3.8, 4) is 17.2 Å². The number of anilines is 1. The molecule has 1 saturated heterocycles. The Balaban J connectivity index is 1.55. The highest BCUT2D eigenvalue weighted by atomic mass is 16.5. The predicted molar refractivity (Wildman–Crippen MR) is 101 cm³/mol. The summed E-state index contributed by atoms with van der Waals surface area (Å²) in [5.74, 6) is 0.385. The SMILES string of the molecule is COc1ccc(N2CCN(C(=O)/C=C/c3ccc(O)c(O)c3)CC2)cc1. The maximum Gasteiger partial charge on any atom is 0.246 e. The molecule has 26 heavy (non-hydrogen) atoms. The summed E-state index contributed by atoms with van der Waals surface area (Å²) in [6, 6.07) is 12.4. The Hall–Kier alpha value is -3.15. The van der Waals surface area contributed by atoms with Crippen molar-refractivity contribution >= 4 is 17.7 Å². The first kappa shape index (κ1) is 17.7. The van der Waals surface area contributed by atoms with Gasteiger partial charge in [0.15, 0.2) is 11.5 Å². The van der Waals surface area contributed by atoms with Crippen molar-refractivity contribution in [2.45, 2.75) is 0 Å². The number of amides is 1. The molecule has 0 saturated carbocycles. The largest absolute Gasteiger partial charge is 0.504 e. The van der Waals surface area contributed by atoms with Gasteiger partial charge in [0.1, 0.15) is 5.75 Å². The number of carbonyl (C=O) groups is 1. The van der Waals surface area contributed by atoms with E-state index in [-0.39, 0.29) is 17.4 Å². The van der Waals surface area contributed by atoms with E-state index in [1.54, 1.807) is 24.2 Å². The molecule has 1 aliphatic heterocycles. The first-order chi connectivity index (χ1) is 12.6. The van der Waals surface area contributed by atoms with Crippen molar-refractivity contribution in [3.63, 3.8) is 0 Å². The van der Waals surface area contributed by atoms with Crippen LogP contribution in [0.1, 0.15) is 5.56 Å². The van der Waals surface area contributed by atoms with Crippen molar-refractivity contribution < 1.29 is 19.7 Å². The van der Waals surface area contributed by atoms with Crippen molar-refractivity contribution in [1.29, 1.82) is 0 Å². The maximum absolute atomic E-state index is 12.3. The monoisotopic (exact) mass is 354 g/mol. The summed E-state index contributed by atoms with van der Waals surface area (Å²) < 4.78 is 5.17. The van der Waals surface area contributed by atoms with E-state index >= 15 is 0 Å². The zero-order chi connectivity index (χ0) is 18.5. The lowest BCUT2D eigenvalue weighted by Crippen LogP contribution is -2.48. The first-order valence-electron chi connectivity index (χ1n) is 8.45. The number of benzene rings is 2. The molecule has 2 aromatic carbocycles. The van der Waals surface area contributed by atoms with Crippen LogP contribution in [0.5, 0.6) is 17.2 Å². The molecule has 0 unspecified atom stereocenters. The Labute approximate surface area is 152 Å². The van der Waals surface area contributed by atoms with Gasteiger partial charge in [-0.1, -0.05) is 6.07 Å². The molecule has 0 aliphatic carbocycles. The van der Waals surface area contributed by atoms with Crippen LogP contribution in [-0.4, -0.2) is 54.3 Å². The molecule has 2 aromatic rings. The molecule has 0 spiro atoms. The molecule has 136 valence electrons. The van der Waals surface area contributed by atoms with E-state index in [2.05, 4.69) is 4.90 Å². The number of hydrogen-bond acceptors (Lipinski definition) is 5. The summed E-state index contributed by atoms with van der Waals surface area (Å²) in [6.45, 7) is 2.84. The molecule has 3 rings (SSSR count). The number of carbonyl (C=O) groups excluding carboxylic acids is 1. The zero-order valence-corrected chi connectivity index (χ0v) is 14.6. The Morgan fingerprint density at radius 2 is 1.69 bits per heavy atom. The summed E-state index contributed by atoms with van der Waals surface area (Å²) in [7, 11) is 1.65. The fourth-order valence-corrected chi connectivity index (χ4v) is 2.90. The Morgan fingerprint density at radius 1 is 1.00 bits per heavy atom. The number of hydrogen-bond donors (Lipinski definition) is 2. The van der Waals surface area contributed by atoms with E-state index in [9.17, 15) is 15.0 Å². The van der Waals surface area contributed by atoms with Crippen LogP contribution in [-0.2, 0) is 4.79 Å². The highest BCUT2D eigenvalue weighted by molar-refractivity contribution is 5.92. The standard InChI is InChI=1S/C20H22N2O4/c1-26-17-6-4-16(5-7-17)21-10-12-22(13-11-21)20(25)9-3-15-2-8-18(23)19(24)14-15/h2-9,14,23-24H,10-13H2,1H3/b9-3+. The van der Waals surface area contributed by atoms with Crippen molar-refractivity contribution in [1.82, 2.24) is 4.90 Å². The second-order valence-corrected chi connectivity index (χ2v) is 6.09. The van der Waals surface area contributed by atoms with Crippen molar-refractivity contribution in [3.05, 3.63) is 54.1 Å². The van der Waals surface area contributed by atoms with Gasteiger partial charge in [0, 0.05) is 37.9 Å². The lowest BCUT2D eigenvalue weighted by atomic mass is 10.2. The number of ether oxygens (including phenoxy) is 1. The fourth-order valence-electron chi connectivity index (χ4n) is 2.90. The molecule has 0 aromatic heterocycles. The van der Waals surface area contributed by atoms with E-state index in [1.807, 2.05) is 24.3 Å². The molecule has 0 atom stereocenters. The van der Waals surface area contributed by atoms with Gasteiger partial charge < -0.3 is 24.7 Å². The second kappa shape index (κ2) is 7.82. The normalized spacial score (nSPS) is 14.7. The highest BCUT2D eigenvalue weighted by Gasteiger charge is 2.19. The predicted octanol–water partition coefficient (Wildman–Crippen LogP) is 2.47. The molecular weight excluding hydrogens is 332 g/mol. The number of methoxy groups -OCH3 is 1. The van der Waals surface area contributed by atoms with Crippen LogP contribution in [0.25, 0.3) is 6.08 Å². The molecule has 1 aliphatic rings. The quantitative estimate of drug-likeness (QED) is 0.652. The average molecular weight is 354 g/mol. The van der Waals surface area contributed by atoms with E-state index in [0.29, 0.717) is 18.7 Å². The molecule has 1 fully saturated rings. The van der Waals surface area contributed by atoms with Crippen LogP contribution in [0, 0.1) is 0 Å². The van der Waals surface area contributed by atoms with Gasteiger partial charge in [0.2, 0.25) is 5.91 Å².